The van der Waals surface area contributed by atoms with Crippen LogP contribution < -0.4 is 10.5 Å². The maximum Gasteiger partial charge on any atom is 0.263 e. The molecular weight excluding hydrogens is 286 g/mol. The summed E-state index contributed by atoms with van der Waals surface area (Å²) in [4.78, 5) is 4.11. The molecule has 0 atom stereocenters. The molecule has 0 saturated carbocycles. The number of hydrogen-bond donors (Lipinski definition) is 2. The van der Waals surface area contributed by atoms with E-state index >= 15 is 0 Å². The topological polar surface area (TPSA) is 85.1 Å². The van der Waals surface area contributed by atoms with Crippen LogP contribution in [-0.4, -0.2) is 13.4 Å². The van der Waals surface area contributed by atoms with Crippen LogP contribution in [0.2, 0.25) is 5.02 Å². The number of halogens is 1. The van der Waals surface area contributed by atoms with Gasteiger partial charge in [-0.3, -0.25) is 4.72 Å². The Kier molecular flexibility index (Phi) is 4.04. The molecule has 0 bridgehead atoms. The molecule has 7 heteroatoms. The zero-order valence-corrected chi connectivity index (χ0v) is 11.4. The molecule has 100 valence electrons. The van der Waals surface area contributed by atoms with E-state index in [1.165, 1.54) is 30.5 Å². The van der Waals surface area contributed by atoms with Crippen molar-refractivity contribution in [2.24, 2.45) is 5.73 Å². The van der Waals surface area contributed by atoms with Gasteiger partial charge in [0.05, 0.1) is 4.90 Å². The molecule has 2 rings (SSSR count). The second-order valence-corrected chi connectivity index (χ2v) is 5.93. The lowest BCUT2D eigenvalue weighted by atomic mass is 10.3. The Bertz CT molecular complexity index is 654. The average molecular weight is 298 g/mol. The fraction of sp³-hybridized carbons (Fsp3) is 0.0833. The van der Waals surface area contributed by atoms with E-state index in [-0.39, 0.29) is 10.7 Å². The molecule has 0 saturated heterocycles. The number of nitrogens with zero attached hydrogens (tertiary/aromatic N) is 1. The van der Waals surface area contributed by atoms with E-state index < -0.39 is 10.0 Å². The van der Waals surface area contributed by atoms with E-state index in [2.05, 4.69) is 9.71 Å². The summed E-state index contributed by atoms with van der Waals surface area (Å²) in [5.41, 5.74) is 6.27. The van der Waals surface area contributed by atoms with Crippen molar-refractivity contribution >= 4 is 27.4 Å². The number of pyridine rings is 1. The predicted molar refractivity (Wildman–Crippen MR) is 74.4 cm³/mol. The summed E-state index contributed by atoms with van der Waals surface area (Å²) < 4.78 is 26.5. The Hall–Kier alpha value is -1.63. The van der Waals surface area contributed by atoms with Crippen LogP contribution in [-0.2, 0) is 16.6 Å². The van der Waals surface area contributed by atoms with E-state index in [1.54, 1.807) is 12.1 Å². The van der Waals surface area contributed by atoms with Crippen molar-refractivity contribution in [2.45, 2.75) is 11.4 Å². The van der Waals surface area contributed by atoms with Gasteiger partial charge in [-0.15, -0.1) is 0 Å². The Labute approximate surface area is 116 Å². The fourth-order valence-electron chi connectivity index (χ4n) is 1.42. The van der Waals surface area contributed by atoms with Gasteiger partial charge in [0.1, 0.15) is 5.82 Å². The van der Waals surface area contributed by atoms with Gasteiger partial charge in [0.2, 0.25) is 0 Å². The van der Waals surface area contributed by atoms with Gasteiger partial charge in [0.25, 0.3) is 10.0 Å². The first kappa shape index (κ1) is 13.8. The van der Waals surface area contributed by atoms with Crippen molar-refractivity contribution in [1.29, 1.82) is 0 Å². The molecule has 2 aromatic rings. The molecule has 3 N–H and O–H groups in total. The van der Waals surface area contributed by atoms with Crippen LogP contribution in [0.5, 0.6) is 0 Å². The first-order valence-corrected chi connectivity index (χ1v) is 7.31. The molecule has 0 radical (unpaired) electrons. The highest BCUT2D eigenvalue weighted by Crippen LogP contribution is 2.17. The smallest absolute Gasteiger partial charge is 0.263 e. The Morgan fingerprint density at radius 1 is 1.16 bits per heavy atom. The minimum atomic E-state index is -3.65. The largest absolute Gasteiger partial charge is 0.326 e. The highest BCUT2D eigenvalue weighted by atomic mass is 35.5. The molecule has 19 heavy (non-hydrogen) atoms. The molecule has 0 aliphatic carbocycles. The summed E-state index contributed by atoms with van der Waals surface area (Å²) in [6.07, 6.45) is 1.53. The summed E-state index contributed by atoms with van der Waals surface area (Å²) in [6, 6.07) is 9.17. The summed E-state index contributed by atoms with van der Waals surface area (Å²) in [6.45, 7) is 0.358. The number of sulfonamides is 1. The normalized spacial score (nSPS) is 11.3. The third-order valence-corrected chi connectivity index (χ3v) is 4.05. The predicted octanol–water partition coefficient (Wildman–Crippen LogP) is 1.99. The quantitative estimate of drug-likeness (QED) is 0.904. The zero-order valence-electron chi connectivity index (χ0n) is 9.88. The van der Waals surface area contributed by atoms with E-state index in [9.17, 15) is 8.42 Å². The fourth-order valence-corrected chi connectivity index (χ4v) is 2.55. The van der Waals surface area contributed by atoms with Gasteiger partial charge in [-0.2, -0.15) is 0 Å². The number of benzene rings is 1. The zero-order chi connectivity index (χ0) is 13.9. The van der Waals surface area contributed by atoms with E-state index in [1.807, 2.05) is 0 Å². The minimum absolute atomic E-state index is 0.126. The van der Waals surface area contributed by atoms with Crippen molar-refractivity contribution in [2.75, 3.05) is 4.72 Å². The molecule has 0 unspecified atom stereocenters. The third-order valence-electron chi connectivity index (χ3n) is 2.42. The number of anilines is 1. The van der Waals surface area contributed by atoms with Gasteiger partial charge in [0.15, 0.2) is 0 Å². The molecule has 0 fully saturated rings. The average Bonchev–Trinajstić information content (AvgIpc) is 2.40. The molecule has 1 heterocycles. The lowest BCUT2D eigenvalue weighted by Gasteiger charge is -2.07. The Balaban J connectivity index is 2.23. The Morgan fingerprint density at radius 3 is 2.37 bits per heavy atom. The SMILES string of the molecule is NCc1ccc(NS(=O)(=O)c2ccc(Cl)cc2)nc1. The lowest BCUT2D eigenvalue weighted by Crippen LogP contribution is -2.14. The van der Waals surface area contributed by atoms with Gasteiger partial charge in [0, 0.05) is 17.8 Å². The number of nitrogens with one attached hydrogen (secondary N) is 1. The van der Waals surface area contributed by atoms with Gasteiger partial charge in [-0.05, 0) is 35.9 Å². The van der Waals surface area contributed by atoms with Gasteiger partial charge < -0.3 is 5.73 Å². The number of rotatable bonds is 4. The summed E-state index contributed by atoms with van der Waals surface area (Å²) in [5.74, 6) is 0.243. The van der Waals surface area contributed by atoms with Crippen molar-refractivity contribution in [1.82, 2.24) is 4.98 Å². The van der Waals surface area contributed by atoms with Crippen LogP contribution in [0.1, 0.15) is 5.56 Å². The summed E-state index contributed by atoms with van der Waals surface area (Å²) in [5, 5.41) is 0.476. The van der Waals surface area contributed by atoms with Crippen molar-refractivity contribution < 1.29 is 8.42 Å². The van der Waals surface area contributed by atoms with Gasteiger partial charge in [-0.25, -0.2) is 13.4 Å². The highest BCUT2D eigenvalue weighted by Gasteiger charge is 2.14. The number of hydrogen-bond acceptors (Lipinski definition) is 4. The van der Waals surface area contributed by atoms with Crippen LogP contribution in [0.3, 0.4) is 0 Å². The lowest BCUT2D eigenvalue weighted by molar-refractivity contribution is 0.601. The van der Waals surface area contributed by atoms with Crippen LogP contribution in [0, 0.1) is 0 Å². The van der Waals surface area contributed by atoms with E-state index in [4.69, 9.17) is 17.3 Å². The second kappa shape index (κ2) is 5.56. The molecule has 0 spiro atoms. The third kappa shape index (κ3) is 3.44. The standard InChI is InChI=1S/C12H12ClN3O2S/c13-10-2-4-11(5-3-10)19(17,18)16-12-6-1-9(7-14)8-15-12/h1-6,8H,7,14H2,(H,15,16). The van der Waals surface area contributed by atoms with Gasteiger partial charge in [-0.1, -0.05) is 17.7 Å². The molecule has 5 nitrogen and oxygen atoms in total. The molecule has 1 aromatic heterocycles. The molecule has 1 aromatic carbocycles. The summed E-state index contributed by atoms with van der Waals surface area (Å²) in [7, 11) is -3.65. The number of aromatic nitrogens is 1. The van der Waals surface area contributed by atoms with E-state index in [0.717, 1.165) is 5.56 Å². The maximum atomic E-state index is 12.0. The van der Waals surface area contributed by atoms with Crippen LogP contribution >= 0.6 is 11.6 Å². The van der Waals surface area contributed by atoms with Crippen molar-refractivity contribution in [3.05, 3.63) is 53.2 Å². The molecule has 0 aliphatic heterocycles. The first-order chi connectivity index (χ1) is 9.01. The highest BCUT2D eigenvalue weighted by molar-refractivity contribution is 7.92. The van der Waals surface area contributed by atoms with Crippen molar-refractivity contribution in [3.8, 4) is 0 Å². The number of nitrogens with two attached hydrogens (primary N) is 1. The minimum Gasteiger partial charge on any atom is -0.326 e. The van der Waals surface area contributed by atoms with Crippen molar-refractivity contribution in [3.63, 3.8) is 0 Å². The molecule has 0 amide bonds. The van der Waals surface area contributed by atoms with Gasteiger partial charge >= 0.3 is 0 Å². The second-order valence-electron chi connectivity index (χ2n) is 3.82. The molecular formula is C12H12ClN3O2S. The van der Waals surface area contributed by atoms with Crippen LogP contribution in [0.25, 0.3) is 0 Å². The Morgan fingerprint density at radius 2 is 1.84 bits per heavy atom. The van der Waals surface area contributed by atoms with E-state index in [0.29, 0.717) is 11.6 Å². The molecule has 0 aliphatic rings. The van der Waals surface area contributed by atoms with Crippen LogP contribution in [0.15, 0.2) is 47.5 Å². The monoisotopic (exact) mass is 297 g/mol. The maximum absolute atomic E-state index is 12.0. The first-order valence-electron chi connectivity index (χ1n) is 5.44. The van der Waals surface area contributed by atoms with Crippen LogP contribution in [0.4, 0.5) is 5.82 Å². The summed E-state index contributed by atoms with van der Waals surface area (Å²) >= 11 is 5.72.